The fraction of sp³-hybridized carbons (Fsp3) is 0.150. The molecule has 0 bridgehead atoms. The van der Waals surface area contributed by atoms with Crippen LogP contribution in [-0.2, 0) is 11.3 Å². The lowest BCUT2D eigenvalue weighted by Crippen LogP contribution is -2.26. The molecule has 7 nitrogen and oxygen atoms in total. The zero-order valence-corrected chi connectivity index (χ0v) is 14.6. The highest BCUT2D eigenvalue weighted by molar-refractivity contribution is 5.91. The molecule has 4 rings (SSSR count). The molecule has 0 aliphatic carbocycles. The third-order valence-corrected chi connectivity index (χ3v) is 4.24. The van der Waals surface area contributed by atoms with Crippen molar-refractivity contribution in [1.29, 1.82) is 0 Å². The first-order valence-electron chi connectivity index (χ1n) is 8.41. The van der Waals surface area contributed by atoms with Crippen molar-refractivity contribution in [1.82, 2.24) is 14.9 Å². The van der Waals surface area contributed by atoms with Gasteiger partial charge in [-0.05, 0) is 35.9 Å². The molecule has 7 heteroatoms. The first-order chi connectivity index (χ1) is 13.1. The zero-order valence-electron chi connectivity index (χ0n) is 14.6. The van der Waals surface area contributed by atoms with Crippen LogP contribution in [0.4, 0.5) is 0 Å². The maximum atomic E-state index is 12.4. The third-order valence-electron chi connectivity index (χ3n) is 4.24. The molecule has 0 saturated heterocycles. The van der Waals surface area contributed by atoms with Crippen LogP contribution >= 0.6 is 0 Å². The van der Waals surface area contributed by atoms with E-state index in [1.807, 2.05) is 18.2 Å². The Morgan fingerprint density at radius 3 is 2.93 bits per heavy atom. The van der Waals surface area contributed by atoms with Crippen LogP contribution in [0.1, 0.15) is 11.4 Å². The van der Waals surface area contributed by atoms with Gasteiger partial charge in [0.2, 0.25) is 12.7 Å². The van der Waals surface area contributed by atoms with Gasteiger partial charge in [-0.15, -0.1) is 0 Å². The van der Waals surface area contributed by atoms with Crippen LogP contribution < -0.4 is 15.0 Å². The number of ether oxygens (including phenoxy) is 2. The molecule has 0 saturated carbocycles. The van der Waals surface area contributed by atoms with E-state index in [0.29, 0.717) is 28.2 Å². The minimum absolute atomic E-state index is 0.199. The number of H-pyrrole nitrogens is 1. The molecule has 0 radical (unpaired) electrons. The van der Waals surface area contributed by atoms with Crippen LogP contribution in [0.2, 0.25) is 0 Å². The minimum atomic E-state index is -0.215. The number of aromatic nitrogens is 2. The summed E-state index contributed by atoms with van der Waals surface area (Å²) < 4.78 is 10.6. The predicted octanol–water partition coefficient (Wildman–Crippen LogP) is 2.32. The highest BCUT2D eigenvalue weighted by Crippen LogP contribution is 2.32. The van der Waals surface area contributed by atoms with Gasteiger partial charge in [0.25, 0.3) is 5.56 Å². The molecule has 136 valence electrons. The molecule has 1 N–H and O–H groups in total. The molecule has 27 heavy (non-hydrogen) atoms. The van der Waals surface area contributed by atoms with E-state index in [1.165, 1.54) is 11.0 Å². The summed E-state index contributed by atoms with van der Waals surface area (Å²) in [6.07, 6.45) is 3.17. The Bertz CT molecular complexity index is 1100. The number of carbonyl (C=O) groups is 1. The smallest absolute Gasteiger partial charge is 0.258 e. The number of fused-ring (bicyclic) bond motifs is 2. The molecule has 2 aromatic carbocycles. The molecule has 1 aliphatic heterocycles. The quantitative estimate of drug-likeness (QED) is 0.719. The van der Waals surface area contributed by atoms with E-state index in [-0.39, 0.29) is 24.8 Å². The number of nitrogens with one attached hydrogen (secondary N) is 1. The largest absolute Gasteiger partial charge is 0.454 e. The number of likely N-dealkylation sites (N-methyl/N-ethyl adjacent to an activating group) is 1. The fourth-order valence-electron chi connectivity index (χ4n) is 2.82. The van der Waals surface area contributed by atoms with Gasteiger partial charge in [-0.25, -0.2) is 4.98 Å². The van der Waals surface area contributed by atoms with E-state index in [2.05, 4.69) is 9.97 Å². The summed E-state index contributed by atoms with van der Waals surface area (Å²) in [5, 5.41) is 0.526. The standard InChI is InChI=1S/C20H17N3O4/c1-23(11-18-21-15-5-3-2-4-14(15)20(25)22-18)19(24)9-7-13-6-8-16-17(10-13)27-12-26-16/h2-10H,11-12H2,1H3,(H,21,22,25)/b9-7+. The van der Waals surface area contributed by atoms with Gasteiger partial charge in [0.05, 0.1) is 17.4 Å². The second kappa shape index (κ2) is 6.95. The third kappa shape index (κ3) is 3.52. The number of benzene rings is 2. The van der Waals surface area contributed by atoms with Gasteiger partial charge < -0.3 is 19.4 Å². The first kappa shape index (κ1) is 16.8. The molecular formula is C20H17N3O4. The summed E-state index contributed by atoms with van der Waals surface area (Å²) in [4.78, 5) is 33.1. The summed E-state index contributed by atoms with van der Waals surface area (Å²) in [6.45, 7) is 0.408. The summed E-state index contributed by atoms with van der Waals surface area (Å²) in [7, 11) is 1.65. The average Bonchev–Trinajstić information content (AvgIpc) is 3.14. The lowest BCUT2D eigenvalue weighted by molar-refractivity contribution is -0.125. The van der Waals surface area contributed by atoms with Crippen LogP contribution in [0.5, 0.6) is 11.5 Å². The van der Waals surface area contributed by atoms with Crippen LogP contribution in [0.15, 0.2) is 53.3 Å². The Morgan fingerprint density at radius 1 is 1.22 bits per heavy atom. The van der Waals surface area contributed by atoms with Crippen LogP contribution in [0.25, 0.3) is 17.0 Å². The SMILES string of the molecule is CN(Cc1nc2ccccc2c(=O)[nH]1)C(=O)/C=C/c1ccc2c(c1)OCO2. The highest BCUT2D eigenvalue weighted by Gasteiger charge is 2.13. The van der Waals surface area contributed by atoms with Gasteiger partial charge >= 0.3 is 0 Å². The molecule has 1 aromatic heterocycles. The van der Waals surface area contributed by atoms with Crippen molar-refractivity contribution in [3.63, 3.8) is 0 Å². The molecule has 1 amide bonds. The minimum Gasteiger partial charge on any atom is -0.454 e. The Morgan fingerprint density at radius 2 is 2.04 bits per heavy atom. The summed E-state index contributed by atoms with van der Waals surface area (Å²) in [5.74, 6) is 1.59. The van der Waals surface area contributed by atoms with E-state index in [0.717, 1.165) is 5.56 Å². The molecule has 3 aromatic rings. The number of aromatic amines is 1. The van der Waals surface area contributed by atoms with Crippen LogP contribution in [0.3, 0.4) is 0 Å². The van der Waals surface area contributed by atoms with Crippen molar-refractivity contribution < 1.29 is 14.3 Å². The number of rotatable bonds is 4. The number of carbonyl (C=O) groups excluding carboxylic acids is 1. The molecule has 1 aliphatic rings. The van der Waals surface area contributed by atoms with E-state index in [4.69, 9.17) is 9.47 Å². The Hall–Kier alpha value is -3.61. The van der Waals surface area contributed by atoms with Crippen molar-refractivity contribution in [3.8, 4) is 11.5 Å². The first-order valence-corrected chi connectivity index (χ1v) is 8.41. The fourth-order valence-corrected chi connectivity index (χ4v) is 2.82. The van der Waals surface area contributed by atoms with Crippen molar-refractivity contribution in [2.45, 2.75) is 6.54 Å². The number of amides is 1. The molecule has 0 unspecified atom stereocenters. The monoisotopic (exact) mass is 363 g/mol. The van der Waals surface area contributed by atoms with E-state index < -0.39 is 0 Å². The van der Waals surface area contributed by atoms with Gasteiger partial charge in [-0.1, -0.05) is 18.2 Å². The Kier molecular flexibility index (Phi) is 4.33. The Balaban J connectivity index is 1.47. The van der Waals surface area contributed by atoms with Crippen LogP contribution in [-0.4, -0.2) is 34.6 Å². The van der Waals surface area contributed by atoms with E-state index >= 15 is 0 Å². The van der Waals surface area contributed by atoms with Crippen molar-refractivity contribution in [2.75, 3.05) is 13.8 Å². The topological polar surface area (TPSA) is 84.5 Å². The molecule has 0 atom stereocenters. The molecule has 0 fully saturated rings. The number of nitrogens with zero attached hydrogens (tertiary/aromatic N) is 2. The summed E-state index contributed by atoms with van der Waals surface area (Å²) in [5.41, 5.74) is 1.22. The maximum Gasteiger partial charge on any atom is 0.258 e. The van der Waals surface area contributed by atoms with Gasteiger partial charge in [0.1, 0.15) is 5.82 Å². The highest BCUT2D eigenvalue weighted by atomic mass is 16.7. The summed E-state index contributed by atoms with van der Waals surface area (Å²) in [6, 6.07) is 12.6. The number of hydrogen-bond donors (Lipinski definition) is 1. The second-order valence-electron chi connectivity index (χ2n) is 6.17. The maximum absolute atomic E-state index is 12.4. The van der Waals surface area contributed by atoms with Gasteiger partial charge in [0, 0.05) is 13.1 Å². The zero-order chi connectivity index (χ0) is 18.8. The average molecular weight is 363 g/mol. The number of para-hydroxylation sites is 1. The predicted molar refractivity (Wildman–Crippen MR) is 100 cm³/mol. The lowest BCUT2D eigenvalue weighted by atomic mass is 10.2. The Labute approximate surface area is 154 Å². The van der Waals surface area contributed by atoms with Crippen molar-refractivity contribution in [2.24, 2.45) is 0 Å². The second-order valence-corrected chi connectivity index (χ2v) is 6.17. The van der Waals surface area contributed by atoms with Crippen LogP contribution in [0, 0.1) is 0 Å². The normalized spacial score (nSPS) is 12.6. The van der Waals surface area contributed by atoms with E-state index in [1.54, 1.807) is 37.4 Å². The van der Waals surface area contributed by atoms with Gasteiger partial charge in [0.15, 0.2) is 11.5 Å². The summed E-state index contributed by atoms with van der Waals surface area (Å²) >= 11 is 0. The van der Waals surface area contributed by atoms with Crippen molar-refractivity contribution >= 4 is 22.9 Å². The number of hydrogen-bond acceptors (Lipinski definition) is 5. The lowest BCUT2D eigenvalue weighted by Gasteiger charge is -2.14. The van der Waals surface area contributed by atoms with Gasteiger partial charge in [-0.2, -0.15) is 0 Å². The molecular weight excluding hydrogens is 346 g/mol. The van der Waals surface area contributed by atoms with Crippen molar-refractivity contribution in [3.05, 3.63) is 70.3 Å². The van der Waals surface area contributed by atoms with E-state index in [9.17, 15) is 9.59 Å². The molecule has 2 heterocycles. The van der Waals surface area contributed by atoms with Gasteiger partial charge in [-0.3, -0.25) is 9.59 Å². The molecule has 0 spiro atoms.